The molecule has 0 saturated carbocycles. The number of benzene rings is 1. The smallest absolute Gasteiger partial charge is 0.127 e. The van der Waals surface area contributed by atoms with E-state index in [1.807, 2.05) is 16.9 Å². The van der Waals surface area contributed by atoms with Crippen LogP contribution < -0.4 is 0 Å². The first-order valence-corrected chi connectivity index (χ1v) is 5.76. The van der Waals surface area contributed by atoms with Gasteiger partial charge in [-0.05, 0) is 42.5 Å². The summed E-state index contributed by atoms with van der Waals surface area (Å²) in [4.78, 5) is 0. The minimum absolute atomic E-state index is 0.0374. The van der Waals surface area contributed by atoms with Crippen LogP contribution in [0.3, 0.4) is 0 Å². The summed E-state index contributed by atoms with van der Waals surface area (Å²) < 4.78 is 15.2. The first-order chi connectivity index (χ1) is 8.25. The Hall–Kier alpha value is -1.84. The van der Waals surface area contributed by atoms with Gasteiger partial charge in [-0.3, -0.25) is 4.68 Å². The maximum atomic E-state index is 13.4. The van der Waals surface area contributed by atoms with Gasteiger partial charge in [-0.15, -0.1) is 0 Å². The minimum Gasteiger partial charge on any atom is -0.508 e. The summed E-state index contributed by atoms with van der Waals surface area (Å²) in [6, 6.07) is 4.59. The van der Waals surface area contributed by atoms with Crippen LogP contribution in [0.2, 0.25) is 0 Å². The highest BCUT2D eigenvalue weighted by molar-refractivity contribution is 5.43. The molecule has 0 radical (unpaired) electrons. The molecule has 0 amide bonds. The number of aromatic nitrogens is 2. The molecule has 0 saturated heterocycles. The Morgan fingerprint density at radius 1 is 1.41 bits per heavy atom. The molecule has 3 nitrogen and oxygen atoms in total. The predicted octanol–water partition coefficient (Wildman–Crippen LogP) is 2.65. The highest BCUT2D eigenvalue weighted by Crippen LogP contribution is 2.37. The quantitative estimate of drug-likeness (QED) is 0.820. The third-order valence-corrected chi connectivity index (χ3v) is 3.33. The molecule has 4 heteroatoms. The van der Waals surface area contributed by atoms with Crippen molar-refractivity contribution in [2.45, 2.75) is 25.3 Å². The fraction of sp³-hybridized carbons (Fsp3) is 0.308. The van der Waals surface area contributed by atoms with E-state index in [9.17, 15) is 9.50 Å². The summed E-state index contributed by atoms with van der Waals surface area (Å²) in [5, 5.41) is 14.0. The lowest BCUT2D eigenvalue weighted by Crippen LogP contribution is -2.18. The topological polar surface area (TPSA) is 38.0 Å². The zero-order valence-corrected chi connectivity index (χ0v) is 9.31. The molecule has 1 aromatic carbocycles. The van der Waals surface area contributed by atoms with Crippen molar-refractivity contribution in [1.82, 2.24) is 9.78 Å². The van der Waals surface area contributed by atoms with Crippen molar-refractivity contribution in [2.24, 2.45) is 0 Å². The zero-order valence-electron chi connectivity index (χ0n) is 9.31. The molecule has 1 aliphatic rings. The Morgan fingerprint density at radius 2 is 2.29 bits per heavy atom. The molecule has 1 aliphatic carbocycles. The van der Waals surface area contributed by atoms with Crippen LogP contribution in [0.25, 0.3) is 0 Å². The van der Waals surface area contributed by atoms with Crippen LogP contribution in [0, 0.1) is 5.82 Å². The summed E-state index contributed by atoms with van der Waals surface area (Å²) in [5.74, 6) is -0.322. The number of halogens is 1. The second-order valence-corrected chi connectivity index (χ2v) is 4.39. The number of nitrogens with zero attached hydrogens (tertiary/aromatic N) is 2. The van der Waals surface area contributed by atoms with Gasteiger partial charge in [0.25, 0.3) is 0 Å². The van der Waals surface area contributed by atoms with Crippen molar-refractivity contribution >= 4 is 0 Å². The van der Waals surface area contributed by atoms with Crippen LogP contribution >= 0.6 is 0 Å². The zero-order chi connectivity index (χ0) is 11.8. The van der Waals surface area contributed by atoms with Crippen molar-refractivity contribution < 1.29 is 9.50 Å². The molecular formula is C13H13FN2O. The Kier molecular flexibility index (Phi) is 2.35. The molecule has 17 heavy (non-hydrogen) atoms. The fourth-order valence-corrected chi connectivity index (χ4v) is 2.58. The summed E-state index contributed by atoms with van der Waals surface area (Å²) in [6.45, 7) is 0. The van der Waals surface area contributed by atoms with Crippen molar-refractivity contribution in [2.75, 3.05) is 0 Å². The molecule has 0 fully saturated rings. The van der Waals surface area contributed by atoms with Gasteiger partial charge in [0.1, 0.15) is 11.6 Å². The molecule has 2 aromatic rings. The molecule has 1 aromatic heterocycles. The average molecular weight is 232 g/mol. The summed E-state index contributed by atoms with van der Waals surface area (Å²) >= 11 is 0. The Bertz CT molecular complexity index is 537. The normalized spacial score (nSPS) is 19.0. The largest absolute Gasteiger partial charge is 0.508 e. The number of rotatable bonds is 1. The van der Waals surface area contributed by atoms with E-state index in [0.717, 1.165) is 30.4 Å². The summed E-state index contributed by atoms with van der Waals surface area (Å²) in [6.07, 6.45) is 6.31. The van der Waals surface area contributed by atoms with Crippen LogP contribution in [0.1, 0.15) is 30.0 Å². The van der Waals surface area contributed by atoms with E-state index in [4.69, 9.17) is 0 Å². The van der Waals surface area contributed by atoms with Crippen molar-refractivity contribution in [3.8, 4) is 5.75 Å². The van der Waals surface area contributed by atoms with E-state index in [-0.39, 0.29) is 17.6 Å². The van der Waals surface area contributed by atoms with E-state index >= 15 is 0 Å². The summed E-state index contributed by atoms with van der Waals surface area (Å²) in [7, 11) is 0. The van der Waals surface area contributed by atoms with Crippen LogP contribution in [0.4, 0.5) is 4.39 Å². The van der Waals surface area contributed by atoms with Gasteiger partial charge in [0.05, 0.1) is 6.04 Å². The SMILES string of the molecule is Oc1cc(F)cc2c1CCCC2n1cccn1. The number of aromatic hydroxyl groups is 1. The fourth-order valence-electron chi connectivity index (χ4n) is 2.58. The lowest BCUT2D eigenvalue weighted by molar-refractivity contribution is 0.419. The van der Waals surface area contributed by atoms with Gasteiger partial charge in [-0.2, -0.15) is 5.10 Å². The highest BCUT2D eigenvalue weighted by atomic mass is 19.1. The van der Waals surface area contributed by atoms with Crippen LogP contribution in [-0.4, -0.2) is 14.9 Å². The molecule has 0 spiro atoms. The molecule has 1 heterocycles. The van der Waals surface area contributed by atoms with Gasteiger partial charge in [-0.25, -0.2) is 4.39 Å². The number of hydrogen-bond acceptors (Lipinski definition) is 2. The second-order valence-electron chi connectivity index (χ2n) is 4.39. The average Bonchev–Trinajstić information content (AvgIpc) is 2.81. The third kappa shape index (κ3) is 1.69. The summed E-state index contributed by atoms with van der Waals surface area (Å²) in [5.41, 5.74) is 1.72. The highest BCUT2D eigenvalue weighted by Gasteiger charge is 2.24. The van der Waals surface area contributed by atoms with Gasteiger partial charge in [-0.1, -0.05) is 0 Å². The molecule has 1 N–H and O–H groups in total. The van der Waals surface area contributed by atoms with Crippen LogP contribution in [0.15, 0.2) is 30.6 Å². The van der Waals surface area contributed by atoms with E-state index in [0.29, 0.717) is 0 Å². The number of phenolic OH excluding ortho intramolecular Hbond substituents is 1. The second kappa shape index (κ2) is 3.87. The third-order valence-electron chi connectivity index (χ3n) is 3.33. The lowest BCUT2D eigenvalue weighted by atomic mass is 9.87. The van der Waals surface area contributed by atoms with Crippen molar-refractivity contribution in [1.29, 1.82) is 0 Å². The molecule has 3 rings (SSSR count). The predicted molar refractivity (Wildman–Crippen MR) is 61.4 cm³/mol. The standard InChI is InChI=1S/C13H13FN2O/c14-9-7-11-10(13(17)8-9)3-1-4-12(11)16-6-2-5-15-16/h2,5-8,12,17H,1,3-4H2. The first kappa shape index (κ1) is 10.3. The van der Waals surface area contributed by atoms with E-state index < -0.39 is 0 Å². The maximum Gasteiger partial charge on any atom is 0.127 e. The Labute approximate surface area is 98.5 Å². The van der Waals surface area contributed by atoms with E-state index in [1.165, 1.54) is 12.1 Å². The number of hydrogen-bond donors (Lipinski definition) is 1. The first-order valence-electron chi connectivity index (χ1n) is 5.76. The molecule has 88 valence electrons. The van der Waals surface area contributed by atoms with Gasteiger partial charge in [0.2, 0.25) is 0 Å². The van der Waals surface area contributed by atoms with Crippen molar-refractivity contribution in [3.05, 3.63) is 47.5 Å². The molecular weight excluding hydrogens is 219 g/mol. The lowest BCUT2D eigenvalue weighted by Gasteiger charge is -2.26. The Balaban J connectivity index is 2.13. The monoisotopic (exact) mass is 232 g/mol. The molecule has 1 atom stereocenters. The molecule has 0 aliphatic heterocycles. The van der Waals surface area contributed by atoms with Gasteiger partial charge < -0.3 is 5.11 Å². The van der Waals surface area contributed by atoms with Gasteiger partial charge in [0, 0.05) is 18.5 Å². The minimum atomic E-state index is -0.389. The molecule has 0 bridgehead atoms. The maximum absolute atomic E-state index is 13.4. The Morgan fingerprint density at radius 3 is 3.06 bits per heavy atom. The van der Waals surface area contributed by atoms with Crippen LogP contribution in [0.5, 0.6) is 5.75 Å². The molecule has 1 unspecified atom stereocenters. The van der Waals surface area contributed by atoms with Crippen molar-refractivity contribution in [3.63, 3.8) is 0 Å². The van der Waals surface area contributed by atoms with E-state index in [2.05, 4.69) is 5.10 Å². The van der Waals surface area contributed by atoms with E-state index in [1.54, 1.807) is 6.20 Å². The number of phenols is 1. The van der Waals surface area contributed by atoms with Crippen LogP contribution in [-0.2, 0) is 6.42 Å². The number of fused-ring (bicyclic) bond motifs is 1. The van der Waals surface area contributed by atoms with Gasteiger partial charge in [0.15, 0.2) is 0 Å². The van der Waals surface area contributed by atoms with Gasteiger partial charge >= 0.3 is 0 Å².